The van der Waals surface area contributed by atoms with E-state index in [9.17, 15) is 4.79 Å². The number of hydrogen-bond donors (Lipinski definition) is 1. The third kappa shape index (κ3) is 3.10. The minimum atomic E-state index is -0.421. The number of hydrogen-bond acceptors (Lipinski definition) is 3. The number of carbonyl (C=O) groups is 1. The predicted octanol–water partition coefficient (Wildman–Crippen LogP) is 2.33. The van der Waals surface area contributed by atoms with Crippen LogP contribution in [0.25, 0.3) is 0 Å². The molecule has 0 aliphatic heterocycles. The average Bonchev–Trinajstić information content (AvgIpc) is 2.93. The second kappa shape index (κ2) is 5.89. The van der Waals surface area contributed by atoms with Gasteiger partial charge in [-0.3, -0.25) is 14.2 Å². The van der Waals surface area contributed by atoms with E-state index in [-0.39, 0.29) is 11.9 Å². The van der Waals surface area contributed by atoms with E-state index in [4.69, 9.17) is 11.6 Å². The van der Waals surface area contributed by atoms with Gasteiger partial charge in [0, 0.05) is 24.5 Å². The van der Waals surface area contributed by atoms with E-state index in [2.05, 4.69) is 15.5 Å². The Labute approximate surface area is 129 Å². The smallest absolute Gasteiger partial charge is 0.245 e. The second-order valence-corrected chi connectivity index (χ2v) is 5.66. The topological polar surface area (TPSA) is 64.7 Å². The van der Waals surface area contributed by atoms with Crippen LogP contribution in [0.3, 0.4) is 0 Å². The number of aryl methyl sites for hydroxylation is 2. The van der Waals surface area contributed by atoms with Crippen molar-refractivity contribution in [3.63, 3.8) is 0 Å². The van der Waals surface area contributed by atoms with Crippen LogP contribution in [0.4, 0.5) is 0 Å². The summed E-state index contributed by atoms with van der Waals surface area (Å²) in [6, 6.07) is -0.531. The number of nitrogens with one attached hydrogen (secondary N) is 1. The Balaban J connectivity index is 2.08. The molecule has 0 aliphatic carbocycles. The molecule has 2 rings (SSSR count). The highest BCUT2D eigenvalue weighted by Gasteiger charge is 2.21. The molecule has 0 aliphatic rings. The molecule has 2 heterocycles. The molecule has 0 saturated heterocycles. The van der Waals surface area contributed by atoms with Crippen LogP contribution >= 0.6 is 11.6 Å². The Morgan fingerprint density at radius 1 is 1.38 bits per heavy atom. The first-order chi connectivity index (χ1) is 9.81. The molecule has 1 N–H and O–H groups in total. The maximum atomic E-state index is 12.3. The van der Waals surface area contributed by atoms with Crippen LogP contribution in [-0.4, -0.2) is 25.5 Å². The van der Waals surface area contributed by atoms with Crippen LogP contribution in [0.2, 0.25) is 5.02 Å². The van der Waals surface area contributed by atoms with Gasteiger partial charge in [0.25, 0.3) is 0 Å². The fourth-order valence-electron chi connectivity index (χ4n) is 2.13. The molecule has 2 aromatic heterocycles. The number of halogens is 1. The molecular weight excluding hydrogens is 290 g/mol. The van der Waals surface area contributed by atoms with E-state index in [0.29, 0.717) is 10.7 Å². The summed E-state index contributed by atoms with van der Waals surface area (Å²) in [6.07, 6.45) is 3.45. The minimum absolute atomic E-state index is 0.107. The van der Waals surface area contributed by atoms with Gasteiger partial charge in [-0.15, -0.1) is 0 Å². The van der Waals surface area contributed by atoms with Gasteiger partial charge in [0.2, 0.25) is 5.91 Å². The summed E-state index contributed by atoms with van der Waals surface area (Å²) in [5, 5.41) is 12.0. The number of amides is 1. The molecule has 0 saturated carbocycles. The highest BCUT2D eigenvalue weighted by atomic mass is 35.5. The van der Waals surface area contributed by atoms with E-state index in [1.165, 1.54) is 0 Å². The minimum Gasteiger partial charge on any atom is -0.348 e. The molecule has 2 atom stereocenters. The van der Waals surface area contributed by atoms with Gasteiger partial charge in [-0.05, 0) is 27.7 Å². The number of rotatable bonds is 4. The van der Waals surface area contributed by atoms with Crippen LogP contribution in [0.1, 0.15) is 42.9 Å². The zero-order valence-electron chi connectivity index (χ0n) is 12.9. The SMILES string of the molecule is Cc1nn(C(C)C(=O)NC(C)c2cnn(C)c2C)cc1Cl. The standard InChI is InChI=1S/C14H20ClN5O/c1-8(12-6-16-19(5)10(12)3)17-14(21)11(4)20-7-13(15)9(2)18-20/h6-8,11H,1-5H3,(H,17,21). The molecular formula is C14H20ClN5O. The van der Waals surface area contributed by atoms with Crippen LogP contribution in [0.5, 0.6) is 0 Å². The Hall–Kier alpha value is -1.82. The van der Waals surface area contributed by atoms with Crippen LogP contribution in [-0.2, 0) is 11.8 Å². The molecule has 0 bridgehead atoms. The number of aromatic nitrogens is 4. The Bertz CT molecular complexity index is 641. The van der Waals surface area contributed by atoms with Crippen molar-refractivity contribution in [3.8, 4) is 0 Å². The zero-order valence-corrected chi connectivity index (χ0v) is 13.6. The summed E-state index contributed by atoms with van der Waals surface area (Å²) in [4.78, 5) is 12.3. The Morgan fingerprint density at radius 2 is 2.05 bits per heavy atom. The zero-order chi connectivity index (χ0) is 15.7. The molecule has 2 unspecified atom stereocenters. The highest BCUT2D eigenvalue weighted by molar-refractivity contribution is 6.31. The summed E-state index contributed by atoms with van der Waals surface area (Å²) >= 11 is 5.98. The molecule has 0 fully saturated rings. The van der Waals surface area contributed by atoms with Crippen LogP contribution in [0.15, 0.2) is 12.4 Å². The van der Waals surface area contributed by atoms with Gasteiger partial charge < -0.3 is 5.32 Å². The van der Waals surface area contributed by atoms with Crippen molar-refractivity contribution in [3.05, 3.63) is 34.4 Å². The molecule has 7 heteroatoms. The molecule has 0 radical (unpaired) electrons. The van der Waals surface area contributed by atoms with E-state index in [0.717, 1.165) is 11.3 Å². The van der Waals surface area contributed by atoms with Gasteiger partial charge in [0.15, 0.2) is 0 Å². The lowest BCUT2D eigenvalue weighted by molar-refractivity contribution is -0.124. The third-order valence-corrected chi connectivity index (χ3v) is 4.10. The third-order valence-electron chi connectivity index (χ3n) is 3.73. The lowest BCUT2D eigenvalue weighted by atomic mass is 10.1. The number of carbonyl (C=O) groups excluding carboxylic acids is 1. The van der Waals surface area contributed by atoms with E-state index >= 15 is 0 Å². The molecule has 21 heavy (non-hydrogen) atoms. The van der Waals surface area contributed by atoms with Crippen LogP contribution in [0, 0.1) is 13.8 Å². The van der Waals surface area contributed by atoms with Crippen molar-refractivity contribution >= 4 is 17.5 Å². The number of nitrogens with zero attached hydrogens (tertiary/aromatic N) is 4. The van der Waals surface area contributed by atoms with Gasteiger partial charge in [-0.25, -0.2) is 0 Å². The first-order valence-electron chi connectivity index (χ1n) is 6.81. The van der Waals surface area contributed by atoms with Crippen molar-refractivity contribution < 1.29 is 4.79 Å². The molecule has 2 aromatic rings. The Morgan fingerprint density at radius 3 is 2.52 bits per heavy atom. The van der Waals surface area contributed by atoms with Crippen molar-refractivity contribution in [1.29, 1.82) is 0 Å². The largest absolute Gasteiger partial charge is 0.348 e. The fraction of sp³-hybridized carbons (Fsp3) is 0.500. The molecule has 0 aromatic carbocycles. The summed E-state index contributed by atoms with van der Waals surface area (Å²) in [6.45, 7) is 7.52. The van der Waals surface area contributed by atoms with Crippen molar-refractivity contribution in [2.75, 3.05) is 0 Å². The van der Waals surface area contributed by atoms with Gasteiger partial charge in [0.1, 0.15) is 6.04 Å². The normalized spacial score (nSPS) is 14.0. The van der Waals surface area contributed by atoms with E-state index < -0.39 is 6.04 Å². The molecule has 6 nitrogen and oxygen atoms in total. The van der Waals surface area contributed by atoms with Crippen molar-refractivity contribution in [1.82, 2.24) is 24.9 Å². The van der Waals surface area contributed by atoms with Gasteiger partial charge in [0.05, 0.1) is 23.0 Å². The maximum absolute atomic E-state index is 12.3. The highest BCUT2D eigenvalue weighted by Crippen LogP contribution is 2.19. The molecule has 114 valence electrons. The lowest BCUT2D eigenvalue weighted by Gasteiger charge is -2.17. The van der Waals surface area contributed by atoms with Crippen molar-refractivity contribution in [2.24, 2.45) is 7.05 Å². The quantitative estimate of drug-likeness (QED) is 0.942. The summed E-state index contributed by atoms with van der Waals surface area (Å²) < 4.78 is 3.37. The van der Waals surface area contributed by atoms with Gasteiger partial charge in [-0.1, -0.05) is 11.6 Å². The fourth-order valence-corrected chi connectivity index (χ4v) is 2.27. The van der Waals surface area contributed by atoms with Gasteiger partial charge in [-0.2, -0.15) is 10.2 Å². The average molecular weight is 310 g/mol. The summed E-state index contributed by atoms with van der Waals surface area (Å²) in [7, 11) is 1.88. The molecule has 1 amide bonds. The summed E-state index contributed by atoms with van der Waals surface area (Å²) in [5.41, 5.74) is 2.76. The monoisotopic (exact) mass is 309 g/mol. The Kier molecular flexibility index (Phi) is 4.37. The second-order valence-electron chi connectivity index (χ2n) is 5.26. The summed E-state index contributed by atoms with van der Waals surface area (Å²) in [5.74, 6) is -0.107. The first-order valence-corrected chi connectivity index (χ1v) is 7.19. The maximum Gasteiger partial charge on any atom is 0.245 e. The van der Waals surface area contributed by atoms with E-state index in [1.54, 1.807) is 28.7 Å². The first kappa shape index (κ1) is 15.6. The van der Waals surface area contributed by atoms with Crippen LogP contribution < -0.4 is 5.32 Å². The molecule has 0 spiro atoms. The van der Waals surface area contributed by atoms with E-state index in [1.807, 2.05) is 27.8 Å². The van der Waals surface area contributed by atoms with Crippen molar-refractivity contribution in [2.45, 2.75) is 39.8 Å². The van der Waals surface area contributed by atoms with Gasteiger partial charge >= 0.3 is 0 Å². The predicted molar refractivity (Wildman–Crippen MR) is 81.2 cm³/mol. The lowest BCUT2D eigenvalue weighted by Crippen LogP contribution is -2.33.